The molecule has 0 spiro atoms. The zero-order chi connectivity index (χ0) is 16.4. The number of likely N-dealkylation sites (tertiary alicyclic amines) is 1. The second kappa shape index (κ2) is 8.15. The third-order valence-electron chi connectivity index (χ3n) is 5.58. The number of carbonyl (C=O) groups is 1. The van der Waals surface area contributed by atoms with E-state index in [1.807, 2.05) is 18.7 Å². The van der Waals surface area contributed by atoms with Crippen LogP contribution in [0.4, 0.5) is 0 Å². The lowest BCUT2D eigenvalue weighted by Crippen LogP contribution is -2.76. The summed E-state index contributed by atoms with van der Waals surface area (Å²) in [4.78, 5) is 14.9. The van der Waals surface area contributed by atoms with Gasteiger partial charge < -0.3 is 20.1 Å². The zero-order valence-corrected chi connectivity index (χ0v) is 15.8. The Morgan fingerprint density at radius 1 is 1.30 bits per heavy atom. The molecule has 23 heavy (non-hydrogen) atoms. The van der Waals surface area contributed by atoms with Gasteiger partial charge in [-0.3, -0.25) is 4.79 Å². The van der Waals surface area contributed by atoms with Crippen LogP contribution in [0.2, 0.25) is 0 Å². The first kappa shape index (κ1) is 20.7. The lowest BCUT2D eigenvalue weighted by molar-refractivity contribution is -0.180. The number of amides is 1. The largest absolute Gasteiger partial charge is 0.381 e. The predicted octanol–water partition coefficient (Wildman–Crippen LogP) is 2.22. The van der Waals surface area contributed by atoms with Gasteiger partial charge in [-0.1, -0.05) is 13.8 Å². The monoisotopic (exact) mass is 348 g/mol. The van der Waals surface area contributed by atoms with Crippen molar-refractivity contribution in [1.29, 1.82) is 0 Å². The van der Waals surface area contributed by atoms with Gasteiger partial charge in [-0.2, -0.15) is 0 Å². The fourth-order valence-electron chi connectivity index (χ4n) is 3.75. The van der Waals surface area contributed by atoms with Gasteiger partial charge in [0.15, 0.2) is 0 Å². The van der Waals surface area contributed by atoms with Crippen LogP contribution >= 0.6 is 12.4 Å². The normalized spacial score (nSPS) is 32.8. The Labute approximate surface area is 146 Å². The summed E-state index contributed by atoms with van der Waals surface area (Å²) in [7, 11) is 0. The summed E-state index contributed by atoms with van der Waals surface area (Å²) >= 11 is 0. The van der Waals surface area contributed by atoms with Crippen molar-refractivity contribution < 1.29 is 14.3 Å². The van der Waals surface area contributed by atoms with E-state index in [0.717, 1.165) is 39.1 Å². The summed E-state index contributed by atoms with van der Waals surface area (Å²) in [5.74, 6) is 0.529. The van der Waals surface area contributed by atoms with E-state index in [-0.39, 0.29) is 29.8 Å². The molecular weight excluding hydrogens is 316 g/mol. The minimum atomic E-state index is -0.791. The van der Waals surface area contributed by atoms with Gasteiger partial charge in [-0.05, 0) is 32.6 Å². The van der Waals surface area contributed by atoms with Crippen LogP contribution in [-0.4, -0.2) is 55.4 Å². The summed E-state index contributed by atoms with van der Waals surface area (Å²) in [5.41, 5.74) is 5.41. The van der Waals surface area contributed by atoms with Crippen molar-refractivity contribution in [1.82, 2.24) is 4.90 Å². The van der Waals surface area contributed by atoms with E-state index in [2.05, 4.69) is 13.8 Å². The number of nitrogens with zero attached hydrogens (tertiary/aromatic N) is 1. The molecule has 0 aromatic heterocycles. The highest BCUT2D eigenvalue weighted by molar-refractivity contribution is 5.89. The molecule has 0 aromatic rings. The molecule has 1 heterocycles. The summed E-state index contributed by atoms with van der Waals surface area (Å²) in [6, 6.07) is 0. The van der Waals surface area contributed by atoms with Gasteiger partial charge in [0.25, 0.3) is 0 Å². The summed E-state index contributed by atoms with van der Waals surface area (Å²) in [6.45, 7) is 11.8. The molecule has 1 amide bonds. The average Bonchev–Trinajstić information content (AvgIpc) is 2.52. The van der Waals surface area contributed by atoms with Gasteiger partial charge in [0.2, 0.25) is 5.91 Å². The Hall–Kier alpha value is -0.360. The summed E-state index contributed by atoms with van der Waals surface area (Å²) in [5, 5.41) is 0. The van der Waals surface area contributed by atoms with Crippen LogP contribution in [0.25, 0.3) is 0 Å². The van der Waals surface area contributed by atoms with Gasteiger partial charge >= 0.3 is 0 Å². The van der Waals surface area contributed by atoms with Gasteiger partial charge in [-0.25, -0.2) is 0 Å². The van der Waals surface area contributed by atoms with Crippen LogP contribution < -0.4 is 5.73 Å². The van der Waals surface area contributed by atoms with Crippen LogP contribution in [0.15, 0.2) is 0 Å². The standard InChI is InChI=1S/C17H32N2O3.ClH/c1-5-21-12-13-8-7-9-19(11-13)15(20)17(18)10-14(22-6-2)16(17,3)4;/h13-14H,5-12,18H2,1-4H3;1H. The van der Waals surface area contributed by atoms with Gasteiger partial charge in [-0.15, -0.1) is 12.4 Å². The second-order valence-corrected chi connectivity index (χ2v) is 7.26. The Kier molecular flexibility index (Phi) is 7.33. The number of hydrogen-bond acceptors (Lipinski definition) is 4. The molecule has 136 valence electrons. The molecule has 0 bridgehead atoms. The minimum absolute atomic E-state index is 0. The molecule has 1 saturated carbocycles. The van der Waals surface area contributed by atoms with Crippen molar-refractivity contribution in [2.45, 2.75) is 58.6 Å². The molecule has 2 N–H and O–H groups in total. The molecule has 2 aliphatic rings. The molecule has 1 saturated heterocycles. The molecule has 6 heteroatoms. The molecular formula is C17H33ClN2O3. The molecule has 1 aliphatic heterocycles. The quantitative estimate of drug-likeness (QED) is 0.799. The summed E-state index contributed by atoms with van der Waals surface area (Å²) in [6.07, 6.45) is 2.87. The van der Waals surface area contributed by atoms with Crippen molar-refractivity contribution >= 4 is 18.3 Å². The predicted molar refractivity (Wildman–Crippen MR) is 93.8 cm³/mol. The minimum Gasteiger partial charge on any atom is -0.381 e. The zero-order valence-electron chi connectivity index (χ0n) is 15.0. The summed E-state index contributed by atoms with van der Waals surface area (Å²) < 4.78 is 11.3. The highest BCUT2D eigenvalue weighted by Crippen LogP contribution is 2.50. The Bertz CT molecular complexity index is 405. The maximum absolute atomic E-state index is 13.0. The van der Waals surface area contributed by atoms with E-state index >= 15 is 0 Å². The fraction of sp³-hybridized carbons (Fsp3) is 0.941. The van der Waals surface area contributed by atoms with Crippen LogP contribution in [0, 0.1) is 11.3 Å². The molecule has 0 aromatic carbocycles. The molecule has 1 aliphatic carbocycles. The molecule has 5 nitrogen and oxygen atoms in total. The first-order chi connectivity index (χ1) is 10.4. The van der Waals surface area contributed by atoms with Crippen molar-refractivity contribution in [2.75, 3.05) is 32.9 Å². The van der Waals surface area contributed by atoms with Gasteiger partial charge in [0.05, 0.1) is 12.7 Å². The molecule has 3 unspecified atom stereocenters. The van der Waals surface area contributed by atoms with Crippen molar-refractivity contribution in [2.24, 2.45) is 17.1 Å². The van der Waals surface area contributed by atoms with Crippen molar-refractivity contribution in [3.05, 3.63) is 0 Å². The third kappa shape index (κ3) is 3.84. The van der Waals surface area contributed by atoms with Crippen LogP contribution in [-0.2, 0) is 14.3 Å². The van der Waals surface area contributed by atoms with E-state index in [1.165, 1.54) is 0 Å². The topological polar surface area (TPSA) is 64.8 Å². The van der Waals surface area contributed by atoms with E-state index in [4.69, 9.17) is 15.2 Å². The highest BCUT2D eigenvalue weighted by Gasteiger charge is 2.63. The smallest absolute Gasteiger partial charge is 0.243 e. The molecule has 2 fully saturated rings. The lowest BCUT2D eigenvalue weighted by Gasteiger charge is -2.59. The van der Waals surface area contributed by atoms with Crippen molar-refractivity contribution in [3.63, 3.8) is 0 Å². The Morgan fingerprint density at radius 2 is 2.00 bits per heavy atom. The van der Waals surface area contributed by atoms with E-state index in [9.17, 15) is 4.79 Å². The second-order valence-electron chi connectivity index (χ2n) is 7.26. The first-order valence-electron chi connectivity index (χ1n) is 8.64. The number of rotatable bonds is 6. The van der Waals surface area contributed by atoms with Crippen LogP contribution in [0.5, 0.6) is 0 Å². The number of ether oxygens (including phenoxy) is 2. The number of nitrogens with two attached hydrogens (primary N) is 1. The van der Waals surface area contributed by atoms with Gasteiger partial charge in [0.1, 0.15) is 5.54 Å². The highest BCUT2D eigenvalue weighted by atomic mass is 35.5. The average molecular weight is 349 g/mol. The number of halogens is 1. The van der Waals surface area contributed by atoms with E-state index in [0.29, 0.717) is 18.9 Å². The number of piperidine rings is 1. The van der Waals surface area contributed by atoms with Crippen LogP contribution in [0.3, 0.4) is 0 Å². The van der Waals surface area contributed by atoms with Crippen molar-refractivity contribution in [3.8, 4) is 0 Å². The van der Waals surface area contributed by atoms with E-state index < -0.39 is 5.54 Å². The fourth-order valence-corrected chi connectivity index (χ4v) is 3.75. The molecule has 0 radical (unpaired) electrons. The Balaban J connectivity index is 0.00000264. The maximum atomic E-state index is 13.0. The SMILES string of the molecule is CCOCC1CCCN(C(=O)C2(N)CC(OCC)C2(C)C)C1.Cl. The number of carbonyl (C=O) groups excluding carboxylic acids is 1. The first-order valence-corrected chi connectivity index (χ1v) is 8.64. The Morgan fingerprint density at radius 3 is 2.57 bits per heavy atom. The molecule has 2 rings (SSSR count). The number of hydrogen-bond donors (Lipinski definition) is 1. The van der Waals surface area contributed by atoms with Crippen LogP contribution in [0.1, 0.15) is 47.0 Å². The lowest BCUT2D eigenvalue weighted by atomic mass is 9.54. The van der Waals surface area contributed by atoms with E-state index in [1.54, 1.807) is 0 Å². The van der Waals surface area contributed by atoms with Gasteiger partial charge in [0, 0.05) is 38.1 Å². The third-order valence-corrected chi connectivity index (χ3v) is 5.58. The molecule has 3 atom stereocenters. The maximum Gasteiger partial charge on any atom is 0.243 e.